The van der Waals surface area contributed by atoms with Crippen molar-refractivity contribution in [3.63, 3.8) is 0 Å². The van der Waals surface area contributed by atoms with E-state index in [2.05, 4.69) is 20.8 Å². The van der Waals surface area contributed by atoms with E-state index < -0.39 is 5.97 Å². The Morgan fingerprint density at radius 3 is 1.93 bits per heavy atom. The summed E-state index contributed by atoms with van der Waals surface area (Å²) < 4.78 is 0. The molecule has 0 aliphatic heterocycles. The number of hydrogen-bond donors (Lipinski definition) is 0. The summed E-state index contributed by atoms with van der Waals surface area (Å²) in [5, 5.41) is 13.2. The Morgan fingerprint density at radius 2 is 1.73 bits per heavy atom. The van der Waals surface area contributed by atoms with E-state index in [4.69, 9.17) is 0 Å². The molecule has 88 valence electrons. The SMILES string of the molecule is CCCCC(CC)C(=O)[O-].C[CH2][Al+][CH2]C. The zero-order valence-corrected chi connectivity index (χ0v) is 11.9. The van der Waals surface area contributed by atoms with Crippen LogP contribution in [-0.4, -0.2) is 21.2 Å². The summed E-state index contributed by atoms with van der Waals surface area (Å²) in [5.41, 5.74) is 0. The van der Waals surface area contributed by atoms with Gasteiger partial charge in [-0.2, -0.15) is 0 Å². The molecule has 0 aromatic heterocycles. The molecule has 0 rings (SSSR count). The predicted octanol–water partition coefficient (Wildman–Crippen LogP) is 2.52. The average Bonchev–Trinajstić information content (AvgIpc) is 2.20. The Balaban J connectivity index is 0. The van der Waals surface area contributed by atoms with Crippen LogP contribution in [0.2, 0.25) is 10.6 Å². The third-order valence-corrected chi connectivity index (χ3v) is 3.46. The molecular weight excluding hydrogens is 203 g/mol. The quantitative estimate of drug-likeness (QED) is 0.628. The molecule has 0 saturated heterocycles. The number of unbranched alkanes of at least 4 members (excludes halogenated alkanes) is 1. The molecule has 0 aliphatic carbocycles. The first-order chi connectivity index (χ1) is 7.13. The number of carbonyl (C=O) groups excluding carboxylic acids is 1. The van der Waals surface area contributed by atoms with Crippen molar-refractivity contribution in [2.45, 2.75) is 63.9 Å². The van der Waals surface area contributed by atoms with Crippen molar-refractivity contribution in [1.82, 2.24) is 0 Å². The molecule has 15 heavy (non-hydrogen) atoms. The zero-order chi connectivity index (χ0) is 12.1. The first kappa shape index (κ1) is 17.4. The minimum atomic E-state index is -0.893. The molecule has 0 heterocycles. The first-order valence-electron chi connectivity index (χ1n) is 6.16. The van der Waals surface area contributed by atoms with Crippen LogP contribution in [0.15, 0.2) is 0 Å². The molecule has 0 radical (unpaired) electrons. The number of aliphatic carboxylic acids is 1. The summed E-state index contributed by atoms with van der Waals surface area (Å²) in [6.45, 7) is 8.44. The summed E-state index contributed by atoms with van der Waals surface area (Å²) in [5.74, 6) is -1.11. The van der Waals surface area contributed by atoms with Crippen LogP contribution in [0.25, 0.3) is 0 Å². The fraction of sp³-hybridized carbons (Fsp3) is 0.917. The van der Waals surface area contributed by atoms with Crippen LogP contribution in [0.1, 0.15) is 53.4 Å². The molecule has 0 aromatic rings. The van der Waals surface area contributed by atoms with Gasteiger partial charge < -0.3 is 9.90 Å². The fourth-order valence-electron chi connectivity index (χ4n) is 1.23. The molecule has 1 atom stereocenters. The van der Waals surface area contributed by atoms with Crippen LogP contribution in [0.4, 0.5) is 0 Å². The Bertz CT molecular complexity index is 136. The van der Waals surface area contributed by atoms with Crippen LogP contribution in [0, 0.1) is 5.92 Å². The van der Waals surface area contributed by atoms with Gasteiger partial charge in [0.05, 0.1) is 0 Å². The third-order valence-electron chi connectivity index (χ3n) is 2.31. The Hall–Kier alpha value is 0.00247. The molecule has 0 bridgehead atoms. The second kappa shape index (κ2) is 14.0. The number of carboxylic acid groups (broad SMARTS) is 1. The van der Waals surface area contributed by atoms with Crippen LogP contribution < -0.4 is 5.11 Å². The van der Waals surface area contributed by atoms with Gasteiger partial charge in [0.2, 0.25) is 0 Å². The molecule has 0 fully saturated rings. The van der Waals surface area contributed by atoms with Gasteiger partial charge in [-0.15, -0.1) is 0 Å². The van der Waals surface area contributed by atoms with Crippen LogP contribution in [-0.2, 0) is 4.79 Å². The monoisotopic (exact) mass is 228 g/mol. The molecule has 0 aliphatic rings. The van der Waals surface area contributed by atoms with Gasteiger partial charge >= 0.3 is 39.6 Å². The molecule has 0 aromatic carbocycles. The van der Waals surface area contributed by atoms with Crippen molar-refractivity contribution in [2.24, 2.45) is 5.92 Å². The van der Waals surface area contributed by atoms with Crippen molar-refractivity contribution in [2.75, 3.05) is 0 Å². The van der Waals surface area contributed by atoms with Gasteiger partial charge in [-0.1, -0.05) is 26.7 Å². The molecule has 0 N–H and O–H groups in total. The summed E-state index contributed by atoms with van der Waals surface area (Å²) in [4.78, 5) is 10.3. The van der Waals surface area contributed by atoms with Crippen molar-refractivity contribution in [3.8, 4) is 0 Å². The third kappa shape index (κ3) is 14.0. The van der Waals surface area contributed by atoms with E-state index in [-0.39, 0.29) is 5.92 Å². The number of hydrogen-bond acceptors (Lipinski definition) is 2. The van der Waals surface area contributed by atoms with Crippen LogP contribution in [0.3, 0.4) is 0 Å². The molecule has 0 amide bonds. The normalized spacial score (nSPS) is 10.9. The predicted molar refractivity (Wildman–Crippen MR) is 65.0 cm³/mol. The Morgan fingerprint density at radius 1 is 1.20 bits per heavy atom. The summed E-state index contributed by atoms with van der Waals surface area (Å²) in [7, 11) is 0. The summed E-state index contributed by atoms with van der Waals surface area (Å²) in [6, 6.07) is 0. The maximum absolute atomic E-state index is 10.3. The van der Waals surface area contributed by atoms with E-state index in [1.165, 1.54) is 10.6 Å². The second-order valence-electron chi connectivity index (χ2n) is 3.67. The fourth-order valence-corrected chi connectivity index (χ4v) is 1.81. The zero-order valence-electron chi connectivity index (χ0n) is 10.7. The van der Waals surface area contributed by atoms with Crippen molar-refractivity contribution >= 4 is 21.2 Å². The summed E-state index contributed by atoms with van der Waals surface area (Å²) >= 11 is 0.815. The van der Waals surface area contributed by atoms with Gasteiger partial charge in [0.15, 0.2) is 0 Å². The van der Waals surface area contributed by atoms with Crippen LogP contribution >= 0.6 is 0 Å². The van der Waals surface area contributed by atoms with E-state index >= 15 is 0 Å². The van der Waals surface area contributed by atoms with Crippen molar-refractivity contribution < 1.29 is 9.90 Å². The van der Waals surface area contributed by atoms with Crippen molar-refractivity contribution in [1.29, 1.82) is 0 Å². The maximum atomic E-state index is 10.3. The molecule has 3 heteroatoms. The number of carboxylic acids is 1. The Kier molecular flexibility index (Phi) is 16.2. The second-order valence-corrected chi connectivity index (χ2v) is 5.88. The van der Waals surface area contributed by atoms with Gasteiger partial charge in [-0.3, -0.25) is 0 Å². The topological polar surface area (TPSA) is 40.1 Å². The molecule has 2 nitrogen and oxygen atoms in total. The van der Waals surface area contributed by atoms with E-state index in [9.17, 15) is 9.90 Å². The van der Waals surface area contributed by atoms with E-state index in [0.29, 0.717) is 6.42 Å². The molecule has 1 unspecified atom stereocenters. The molecule has 0 saturated carbocycles. The minimum absolute atomic E-state index is 0.222. The summed E-state index contributed by atoms with van der Waals surface area (Å²) in [6.07, 6.45) is 3.52. The Labute approximate surface area is 101 Å². The van der Waals surface area contributed by atoms with Gasteiger partial charge in [0.1, 0.15) is 0 Å². The van der Waals surface area contributed by atoms with Crippen LogP contribution in [0.5, 0.6) is 0 Å². The van der Waals surface area contributed by atoms with E-state index in [1.807, 2.05) is 6.92 Å². The van der Waals surface area contributed by atoms with Gasteiger partial charge in [0.25, 0.3) is 0 Å². The van der Waals surface area contributed by atoms with E-state index in [1.54, 1.807) is 0 Å². The molecular formula is C12H25AlO2. The number of rotatable bonds is 7. The van der Waals surface area contributed by atoms with Gasteiger partial charge in [-0.05, 0) is 18.8 Å². The number of carbonyl (C=O) groups is 1. The first-order valence-corrected chi connectivity index (χ1v) is 7.79. The average molecular weight is 228 g/mol. The van der Waals surface area contributed by atoms with Gasteiger partial charge in [-0.25, -0.2) is 0 Å². The molecule has 0 spiro atoms. The van der Waals surface area contributed by atoms with Gasteiger partial charge in [0, 0.05) is 5.97 Å². The van der Waals surface area contributed by atoms with E-state index in [0.717, 1.165) is 34.5 Å². The standard InChI is InChI=1S/C8H16O2.2C2H5.Al/c1-3-5-6-7(4-2)8(9)10;2*1-2;/h7H,3-6H2,1-2H3,(H,9,10);2*1H2,2H3;/q;;;+1/p-1. The van der Waals surface area contributed by atoms with Crippen molar-refractivity contribution in [3.05, 3.63) is 0 Å².